The minimum Gasteiger partial charge on any atom is -0.353 e. The van der Waals surface area contributed by atoms with Crippen molar-refractivity contribution in [3.8, 4) is 0 Å². The second-order valence-electron chi connectivity index (χ2n) is 4.62. The van der Waals surface area contributed by atoms with Gasteiger partial charge in [-0.3, -0.25) is 0 Å². The van der Waals surface area contributed by atoms with E-state index in [9.17, 15) is 12.8 Å². The molecule has 1 aromatic carbocycles. The summed E-state index contributed by atoms with van der Waals surface area (Å²) < 4.78 is 50.3. The lowest BCUT2D eigenvalue weighted by molar-refractivity contribution is -0.180. The Bertz CT molecular complexity index is 555. The van der Waals surface area contributed by atoms with E-state index in [-0.39, 0.29) is 17.7 Å². The number of halogens is 1. The molecule has 0 spiro atoms. The van der Waals surface area contributed by atoms with Gasteiger partial charge in [0.2, 0.25) is 10.0 Å². The molecule has 20 heavy (non-hydrogen) atoms. The molecule has 0 unspecified atom stereocenters. The third kappa shape index (κ3) is 3.99. The highest BCUT2D eigenvalue weighted by atomic mass is 32.2. The summed E-state index contributed by atoms with van der Waals surface area (Å²) in [7, 11) is -3.64. The number of nitrogens with one attached hydrogen (secondary N) is 1. The second kappa shape index (κ2) is 6.62. The maximum atomic E-state index is 13.0. The van der Waals surface area contributed by atoms with Gasteiger partial charge in [-0.05, 0) is 37.1 Å². The molecule has 0 bridgehead atoms. The molecule has 0 radical (unpaired) electrons. The van der Waals surface area contributed by atoms with Crippen LogP contribution in [-0.4, -0.2) is 34.5 Å². The first-order valence-corrected chi connectivity index (χ1v) is 7.96. The van der Waals surface area contributed by atoms with Gasteiger partial charge in [-0.1, -0.05) is 0 Å². The number of aryl methyl sites for hydroxylation is 1. The lowest BCUT2D eigenvalue weighted by atomic mass is 10.2. The van der Waals surface area contributed by atoms with Gasteiger partial charge >= 0.3 is 0 Å². The molecule has 1 N–H and O–H groups in total. The fourth-order valence-electron chi connectivity index (χ4n) is 2.01. The summed E-state index contributed by atoms with van der Waals surface area (Å²) in [6.45, 7) is 3.04. The Morgan fingerprint density at radius 1 is 1.35 bits per heavy atom. The van der Waals surface area contributed by atoms with Gasteiger partial charge in [-0.2, -0.15) is 0 Å². The fraction of sp³-hybridized carbons (Fsp3) is 0.538. The lowest BCUT2D eigenvalue weighted by Crippen LogP contribution is -2.32. The third-order valence-corrected chi connectivity index (χ3v) is 4.62. The van der Waals surface area contributed by atoms with E-state index >= 15 is 0 Å². The molecule has 1 aromatic rings. The number of ether oxygens (including phenoxy) is 2. The van der Waals surface area contributed by atoms with Crippen LogP contribution >= 0.6 is 0 Å². The predicted molar refractivity (Wildman–Crippen MR) is 71.3 cm³/mol. The zero-order valence-electron chi connectivity index (χ0n) is 11.3. The summed E-state index contributed by atoms with van der Waals surface area (Å²) in [5.74, 6) is -0.453. The monoisotopic (exact) mass is 303 g/mol. The molecule has 0 aromatic heterocycles. The summed E-state index contributed by atoms with van der Waals surface area (Å²) in [6.07, 6.45) is 0.942. The highest BCUT2D eigenvalue weighted by Gasteiger charge is 2.19. The summed E-state index contributed by atoms with van der Waals surface area (Å²) >= 11 is 0. The molecule has 1 aliphatic rings. The quantitative estimate of drug-likeness (QED) is 0.896. The van der Waals surface area contributed by atoms with Crippen LogP contribution in [0.5, 0.6) is 0 Å². The number of rotatable bonds is 5. The average Bonchev–Trinajstić information content (AvgIpc) is 2.39. The van der Waals surface area contributed by atoms with E-state index in [2.05, 4.69) is 4.72 Å². The number of hydrogen-bond donors (Lipinski definition) is 1. The Balaban J connectivity index is 1.93. The number of sulfonamides is 1. The maximum absolute atomic E-state index is 13.0. The van der Waals surface area contributed by atoms with Crippen molar-refractivity contribution in [1.82, 2.24) is 4.72 Å². The molecule has 0 saturated carbocycles. The predicted octanol–water partition coefficient (Wildman–Crippen LogP) is 1.57. The van der Waals surface area contributed by atoms with Crippen LogP contribution in [0, 0.1) is 12.7 Å². The minimum atomic E-state index is -3.64. The number of hydrogen-bond acceptors (Lipinski definition) is 4. The molecule has 1 aliphatic heterocycles. The zero-order valence-corrected chi connectivity index (χ0v) is 12.1. The summed E-state index contributed by atoms with van der Waals surface area (Å²) in [5.41, 5.74) is 0.377. The topological polar surface area (TPSA) is 64.6 Å². The van der Waals surface area contributed by atoms with E-state index in [1.807, 2.05) is 0 Å². The van der Waals surface area contributed by atoms with Crippen molar-refractivity contribution in [1.29, 1.82) is 0 Å². The van der Waals surface area contributed by atoms with Crippen LogP contribution in [0.25, 0.3) is 0 Å². The molecule has 1 saturated heterocycles. The largest absolute Gasteiger partial charge is 0.353 e. The molecule has 112 valence electrons. The van der Waals surface area contributed by atoms with Crippen molar-refractivity contribution in [3.05, 3.63) is 29.6 Å². The normalized spacial score (nSPS) is 17.3. The Kier molecular flexibility index (Phi) is 5.09. The Hall–Kier alpha value is -1.02. The van der Waals surface area contributed by atoms with E-state index < -0.39 is 15.8 Å². The van der Waals surface area contributed by atoms with Crippen molar-refractivity contribution in [2.45, 2.75) is 31.0 Å². The Labute approximate surface area is 118 Å². The summed E-state index contributed by atoms with van der Waals surface area (Å²) in [4.78, 5) is 0.0874. The Morgan fingerprint density at radius 2 is 2.05 bits per heavy atom. The third-order valence-electron chi connectivity index (χ3n) is 2.99. The van der Waals surface area contributed by atoms with E-state index in [0.29, 0.717) is 25.2 Å². The van der Waals surface area contributed by atoms with Gasteiger partial charge in [0.1, 0.15) is 5.82 Å². The van der Waals surface area contributed by atoms with Gasteiger partial charge in [-0.15, -0.1) is 0 Å². The van der Waals surface area contributed by atoms with Crippen LogP contribution in [0.1, 0.15) is 18.4 Å². The highest BCUT2D eigenvalue weighted by molar-refractivity contribution is 7.89. The molecule has 1 fully saturated rings. The van der Waals surface area contributed by atoms with Crippen molar-refractivity contribution in [2.75, 3.05) is 19.8 Å². The van der Waals surface area contributed by atoms with Crippen LogP contribution in [0.2, 0.25) is 0 Å². The van der Waals surface area contributed by atoms with E-state index in [4.69, 9.17) is 9.47 Å². The summed E-state index contributed by atoms with van der Waals surface area (Å²) in [6, 6.07) is 3.59. The SMILES string of the molecule is Cc1cc(F)ccc1S(=O)(=O)NCCC1OCCCO1. The van der Waals surface area contributed by atoms with Crippen LogP contribution in [0.3, 0.4) is 0 Å². The molecule has 5 nitrogen and oxygen atoms in total. The van der Waals surface area contributed by atoms with Crippen molar-refractivity contribution in [3.63, 3.8) is 0 Å². The first-order valence-electron chi connectivity index (χ1n) is 6.48. The van der Waals surface area contributed by atoms with Gasteiger partial charge in [0.05, 0.1) is 18.1 Å². The van der Waals surface area contributed by atoms with Crippen molar-refractivity contribution >= 4 is 10.0 Å². The zero-order chi connectivity index (χ0) is 14.6. The molecule has 0 aliphatic carbocycles. The molecule has 7 heteroatoms. The molecular formula is C13H18FNO4S. The Morgan fingerprint density at radius 3 is 2.70 bits per heavy atom. The van der Waals surface area contributed by atoms with Crippen molar-refractivity contribution < 1.29 is 22.3 Å². The highest BCUT2D eigenvalue weighted by Crippen LogP contribution is 2.16. The number of benzene rings is 1. The van der Waals surface area contributed by atoms with E-state index in [0.717, 1.165) is 12.5 Å². The molecule has 1 heterocycles. The van der Waals surface area contributed by atoms with Crippen LogP contribution < -0.4 is 4.72 Å². The summed E-state index contributed by atoms with van der Waals surface area (Å²) in [5, 5.41) is 0. The van der Waals surface area contributed by atoms with Gasteiger partial charge in [0, 0.05) is 13.0 Å². The van der Waals surface area contributed by atoms with E-state index in [1.165, 1.54) is 12.1 Å². The lowest BCUT2D eigenvalue weighted by Gasteiger charge is -2.23. The standard InChI is InChI=1S/C13H18FNO4S/c1-10-9-11(14)3-4-12(10)20(16,17)15-6-5-13-18-7-2-8-19-13/h3-4,9,13,15H,2,5-8H2,1H3. The van der Waals surface area contributed by atoms with Gasteiger partial charge < -0.3 is 9.47 Å². The maximum Gasteiger partial charge on any atom is 0.240 e. The second-order valence-corrected chi connectivity index (χ2v) is 6.36. The first-order chi connectivity index (χ1) is 9.49. The molecule has 2 rings (SSSR count). The van der Waals surface area contributed by atoms with Crippen molar-refractivity contribution in [2.24, 2.45) is 0 Å². The van der Waals surface area contributed by atoms with Crippen LogP contribution in [-0.2, 0) is 19.5 Å². The van der Waals surface area contributed by atoms with Crippen LogP contribution in [0.4, 0.5) is 4.39 Å². The molecule has 0 amide bonds. The average molecular weight is 303 g/mol. The van der Waals surface area contributed by atoms with E-state index in [1.54, 1.807) is 6.92 Å². The van der Waals surface area contributed by atoms with Gasteiger partial charge in [-0.25, -0.2) is 17.5 Å². The minimum absolute atomic E-state index is 0.0874. The van der Waals surface area contributed by atoms with Crippen LogP contribution in [0.15, 0.2) is 23.1 Å². The van der Waals surface area contributed by atoms with Gasteiger partial charge in [0.25, 0.3) is 0 Å². The first kappa shape index (κ1) is 15.4. The fourth-order valence-corrected chi connectivity index (χ4v) is 3.28. The molecular weight excluding hydrogens is 285 g/mol. The van der Waals surface area contributed by atoms with Gasteiger partial charge in [0.15, 0.2) is 6.29 Å². The molecule has 0 atom stereocenters. The smallest absolute Gasteiger partial charge is 0.240 e.